The molecule has 2 heterocycles. The number of anilines is 1. The number of nitrogens with zero attached hydrogens (tertiary/aromatic N) is 2. The Morgan fingerprint density at radius 2 is 2.00 bits per heavy atom. The number of ether oxygens (including phenoxy) is 1. The third-order valence-electron chi connectivity index (χ3n) is 4.49. The maximum atomic E-state index is 12.6. The van der Waals surface area contributed by atoms with Gasteiger partial charge >= 0.3 is 0 Å². The second-order valence-corrected chi connectivity index (χ2v) is 7.12. The number of hydrogen-bond donors (Lipinski definition) is 1. The summed E-state index contributed by atoms with van der Waals surface area (Å²) in [5.74, 6) is 0.603. The Morgan fingerprint density at radius 3 is 2.70 bits per heavy atom. The molecule has 6 nitrogen and oxygen atoms in total. The van der Waals surface area contributed by atoms with Crippen LogP contribution in [0.1, 0.15) is 19.5 Å². The summed E-state index contributed by atoms with van der Waals surface area (Å²) >= 11 is 0. The molecule has 0 saturated carbocycles. The molecule has 0 radical (unpaired) electrons. The summed E-state index contributed by atoms with van der Waals surface area (Å²) < 4.78 is 8.97. The van der Waals surface area contributed by atoms with Gasteiger partial charge in [0.05, 0.1) is 24.5 Å². The van der Waals surface area contributed by atoms with Crippen molar-refractivity contribution in [2.24, 2.45) is 5.92 Å². The molecule has 0 unspecified atom stereocenters. The maximum Gasteiger partial charge on any atom is 0.244 e. The maximum absolute atomic E-state index is 12.6. The molecule has 3 aromatic rings. The molecule has 27 heavy (non-hydrogen) atoms. The summed E-state index contributed by atoms with van der Waals surface area (Å²) in [5, 5.41) is 4.00. The number of pyridine rings is 1. The van der Waals surface area contributed by atoms with Crippen LogP contribution in [-0.4, -0.2) is 22.2 Å². The number of carbonyl (C=O) groups excluding carboxylic acids is 1. The molecule has 0 aliphatic rings. The first-order valence-corrected chi connectivity index (χ1v) is 9.02. The van der Waals surface area contributed by atoms with Gasteiger partial charge in [0.2, 0.25) is 11.3 Å². The third kappa shape index (κ3) is 4.05. The number of aromatic nitrogens is 2. The molecule has 0 fully saturated rings. The molecule has 0 atom stereocenters. The van der Waals surface area contributed by atoms with E-state index in [0.717, 1.165) is 23.1 Å². The van der Waals surface area contributed by atoms with Crippen LogP contribution in [0, 0.1) is 12.8 Å². The molecule has 1 aromatic carbocycles. The van der Waals surface area contributed by atoms with Crippen molar-refractivity contribution in [3.63, 3.8) is 0 Å². The minimum absolute atomic E-state index is 0.103. The number of rotatable bonds is 6. The van der Waals surface area contributed by atoms with Crippen LogP contribution < -0.4 is 15.5 Å². The summed E-state index contributed by atoms with van der Waals surface area (Å²) in [4.78, 5) is 24.4. The largest absolute Gasteiger partial charge is 0.491 e. The van der Waals surface area contributed by atoms with Crippen molar-refractivity contribution in [3.8, 4) is 5.75 Å². The smallest absolute Gasteiger partial charge is 0.244 e. The molecule has 0 bridgehead atoms. The van der Waals surface area contributed by atoms with Gasteiger partial charge in [-0.3, -0.25) is 9.59 Å². The molecule has 6 heteroatoms. The van der Waals surface area contributed by atoms with Crippen molar-refractivity contribution in [1.82, 2.24) is 9.13 Å². The summed E-state index contributed by atoms with van der Waals surface area (Å²) in [6.07, 6.45) is 3.62. The highest BCUT2D eigenvalue weighted by Gasteiger charge is 2.11. The van der Waals surface area contributed by atoms with Gasteiger partial charge in [-0.15, -0.1) is 0 Å². The predicted octanol–water partition coefficient (Wildman–Crippen LogP) is 3.41. The lowest BCUT2D eigenvalue weighted by Crippen LogP contribution is -2.22. The molecule has 142 valence electrons. The quantitative estimate of drug-likeness (QED) is 0.726. The van der Waals surface area contributed by atoms with Crippen LogP contribution in [0.5, 0.6) is 5.75 Å². The topological polar surface area (TPSA) is 65.3 Å². The molecule has 0 aliphatic carbocycles. The van der Waals surface area contributed by atoms with E-state index in [1.807, 2.05) is 18.2 Å². The normalized spacial score (nSPS) is 11.1. The molecular formula is C21H25N3O3. The van der Waals surface area contributed by atoms with E-state index in [0.29, 0.717) is 11.6 Å². The van der Waals surface area contributed by atoms with Crippen molar-refractivity contribution in [2.45, 2.75) is 33.9 Å². The van der Waals surface area contributed by atoms with Gasteiger partial charge in [-0.05, 0) is 31.0 Å². The van der Waals surface area contributed by atoms with E-state index in [1.165, 1.54) is 13.2 Å². The minimum Gasteiger partial charge on any atom is -0.491 e. The summed E-state index contributed by atoms with van der Waals surface area (Å²) in [7, 11) is 1.44. The Hall–Kier alpha value is -3.02. The van der Waals surface area contributed by atoms with Crippen LogP contribution in [-0.2, 0) is 17.9 Å². The molecule has 0 aliphatic heterocycles. The van der Waals surface area contributed by atoms with Gasteiger partial charge in [0.25, 0.3) is 0 Å². The number of benzene rings is 1. The van der Waals surface area contributed by atoms with Crippen molar-refractivity contribution in [1.29, 1.82) is 0 Å². The number of amides is 1. The van der Waals surface area contributed by atoms with Crippen molar-refractivity contribution in [3.05, 3.63) is 58.6 Å². The molecule has 2 aromatic heterocycles. The first-order valence-electron chi connectivity index (χ1n) is 9.02. The first kappa shape index (κ1) is 18.8. The summed E-state index contributed by atoms with van der Waals surface area (Å²) in [6.45, 7) is 7.18. The molecule has 3 rings (SSSR count). The molecule has 0 spiro atoms. The number of carbonyl (C=O) groups is 1. The van der Waals surface area contributed by atoms with E-state index in [2.05, 4.69) is 36.0 Å². The summed E-state index contributed by atoms with van der Waals surface area (Å²) in [6, 6.07) is 9.41. The van der Waals surface area contributed by atoms with E-state index in [4.69, 9.17) is 4.74 Å². The molecular weight excluding hydrogens is 342 g/mol. The van der Waals surface area contributed by atoms with E-state index >= 15 is 0 Å². The van der Waals surface area contributed by atoms with Gasteiger partial charge in [0, 0.05) is 29.9 Å². The zero-order valence-corrected chi connectivity index (χ0v) is 16.2. The van der Waals surface area contributed by atoms with Crippen LogP contribution in [0.15, 0.2) is 47.5 Å². The number of nitrogens with one attached hydrogen (secondary N) is 1. The average molecular weight is 367 g/mol. The van der Waals surface area contributed by atoms with Crippen LogP contribution in [0.3, 0.4) is 0 Å². The van der Waals surface area contributed by atoms with Crippen LogP contribution >= 0.6 is 0 Å². The van der Waals surface area contributed by atoms with E-state index in [9.17, 15) is 9.59 Å². The van der Waals surface area contributed by atoms with Crippen LogP contribution in [0.4, 0.5) is 5.69 Å². The van der Waals surface area contributed by atoms with Gasteiger partial charge in [0.1, 0.15) is 6.54 Å². The second kappa shape index (κ2) is 7.70. The zero-order valence-electron chi connectivity index (χ0n) is 16.2. The van der Waals surface area contributed by atoms with Gasteiger partial charge in [-0.2, -0.15) is 0 Å². The fourth-order valence-corrected chi connectivity index (χ4v) is 3.20. The fourth-order valence-electron chi connectivity index (χ4n) is 3.20. The average Bonchev–Trinajstić information content (AvgIpc) is 3.01. The Bertz CT molecular complexity index is 1030. The third-order valence-corrected chi connectivity index (χ3v) is 4.49. The SMILES string of the molecule is COc1cn(CC(=O)Nc2cccc3c2ccn3CC(C)C)c(C)cc1=O. The lowest BCUT2D eigenvalue weighted by molar-refractivity contribution is -0.116. The van der Waals surface area contributed by atoms with Crippen LogP contribution in [0.25, 0.3) is 10.9 Å². The lowest BCUT2D eigenvalue weighted by atomic mass is 10.2. The molecule has 0 saturated heterocycles. The van der Waals surface area contributed by atoms with Crippen molar-refractivity contribution < 1.29 is 9.53 Å². The van der Waals surface area contributed by atoms with Crippen molar-refractivity contribution in [2.75, 3.05) is 12.4 Å². The lowest BCUT2D eigenvalue weighted by Gasteiger charge is -2.13. The number of aryl methyl sites for hydroxylation is 1. The van der Waals surface area contributed by atoms with Gasteiger partial charge in [0.15, 0.2) is 5.75 Å². The van der Waals surface area contributed by atoms with Gasteiger partial charge in [-0.1, -0.05) is 19.9 Å². The van der Waals surface area contributed by atoms with Gasteiger partial charge in [-0.25, -0.2) is 0 Å². The Labute approximate surface area is 158 Å². The van der Waals surface area contributed by atoms with Gasteiger partial charge < -0.3 is 19.2 Å². The summed E-state index contributed by atoms with van der Waals surface area (Å²) in [5.41, 5.74) is 2.40. The second-order valence-electron chi connectivity index (χ2n) is 7.12. The Balaban J connectivity index is 1.83. The highest BCUT2D eigenvalue weighted by atomic mass is 16.5. The highest BCUT2D eigenvalue weighted by Crippen LogP contribution is 2.25. The zero-order chi connectivity index (χ0) is 19.6. The Morgan fingerprint density at radius 1 is 1.22 bits per heavy atom. The number of methoxy groups -OCH3 is 1. The van der Waals surface area contributed by atoms with E-state index in [1.54, 1.807) is 17.7 Å². The standard InChI is InChI=1S/C21H25N3O3/c1-14(2)11-23-9-8-16-17(6-5-7-18(16)23)22-21(26)13-24-12-20(27-4)19(25)10-15(24)3/h5-10,12,14H,11,13H2,1-4H3,(H,22,26). The molecule has 1 amide bonds. The molecule has 1 N–H and O–H groups in total. The monoisotopic (exact) mass is 367 g/mol. The highest BCUT2D eigenvalue weighted by molar-refractivity contribution is 6.01. The van der Waals surface area contributed by atoms with Crippen molar-refractivity contribution >= 4 is 22.5 Å². The Kier molecular flexibility index (Phi) is 5.35. The minimum atomic E-state index is -0.192. The van der Waals surface area contributed by atoms with E-state index < -0.39 is 0 Å². The van der Waals surface area contributed by atoms with Crippen LogP contribution in [0.2, 0.25) is 0 Å². The predicted molar refractivity (Wildman–Crippen MR) is 107 cm³/mol. The van der Waals surface area contributed by atoms with E-state index in [-0.39, 0.29) is 23.6 Å². The fraction of sp³-hybridized carbons (Fsp3) is 0.333. The number of hydrogen-bond acceptors (Lipinski definition) is 3. The first-order chi connectivity index (χ1) is 12.9. The number of fused-ring (bicyclic) bond motifs is 1.